The topological polar surface area (TPSA) is 61.4 Å². The number of nitrogens with one attached hydrogen (secondary N) is 2. The number of carbonyl (C=O) groups is 2. The van der Waals surface area contributed by atoms with Crippen LogP contribution in [0.15, 0.2) is 30.3 Å². The van der Waals surface area contributed by atoms with Crippen molar-refractivity contribution in [2.45, 2.75) is 25.4 Å². The van der Waals surface area contributed by atoms with Gasteiger partial charge in [0.25, 0.3) is 5.91 Å². The van der Waals surface area contributed by atoms with Crippen LogP contribution in [-0.2, 0) is 11.3 Å². The molecular weight excluding hydrogens is 254 g/mol. The van der Waals surface area contributed by atoms with Crippen LogP contribution in [0, 0.1) is 5.92 Å². The van der Waals surface area contributed by atoms with Crippen molar-refractivity contribution in [3.05, 3.63) is 35.9 Å². The highest BCUT2D eigenvalue weighted by Gasteiger charge is 2.49. The fraction of sp³-hybridized carbons (Fsp3) is 0.467. The van der Waals surface area contributed by atoms with Gasteiger partial charge in [-0.1, -0.05) is 30.3 Å². The summed E-state index contributed by atoms with van der Waals surface area (Å²) in [4.78, 5) is 25.6. The maximum absolute atomic E-state index is 11.9. The first-order valence-corrected chi connectivity index (χ1v) is 6.98. The Balaban J connectivity index is 1.65. The van der Waals surface area contributed by atoms with Crippen molar-refractivity contribution in [1.29, 1.82) is 0 Å². The summed E-state index contributed by atoms with van der Waals surface area (Å²) >= 11 is 0. The summed E-state index contributed by atoms with van der Waals surface area (Å²) in [6.45, 7) is 4.50. The number of urea groups is 1. The minimum absolute atomic E-state index is 0.165. The molecule has 2 aliphatic heterocycles. The lowest BCUT2D eigenvalue weighted by Gasteiger charge is -2.28. The largest absolute Gasteiger partial charge is 0.323 e. The standard InChI is InChI=1S/C15H19N3O2/c1-15(13(19)16-14(20)17-15)12-7-8-18(10-12)9-11-5-3-2-4-6-11/h2-6,12H,7-10H2,1H3,(H2,16,17,19,20). The second-order valence-electron chi connectivity index (χ2n) is 5.82. The molecule has 0 spiro atoms. The second-order valence-corrected chi connectivity index (χ2v) is 5.82. The number of benzene rings is 1. The van der Waals surface area contributed by atoms with Gasteiger partial charge in [0, 0.05) is 19.0 Å². The van der Waals surface area contributed by atoms with E-state index in [0.29, 0.717) is 0 Å². The molecule has 5 nitrogen and oxygen atoms in total. The highest BCUT2D eigenvalue weighted by atomic mass is 16.2. The lowest BCUT2D eigenvalue weighted by atomic mass is 9.85. The number of nitrogens with zero attached hydrogens (tertiary/aromatic N) is 1. The summed E-state index contributed by atoms with van der Waals surface area (Å²) < 4.78 is 0. The van der Waals surface area contributed by atoms with Gasteiger partial charge in [-0.3, -0.25) is 15.0 Å². The molecule has 2 atom stereocenters. The molecule has 0 aromatic heterocycles. The van der Waals surface area contributed by atoms with E-state index in [9.17, 15) is 9.59 Å². The predicted molar refractivity (Wildman–Crippen MR) is 74.9 cm³/mol. The van der Waals surface area contributed by atoms with Crippen molar-refractivity contribution >= 4 is 11.9 Å². The van der Waals surface area contributed by atoms with Crippen molar-refractivity contribution in [1.82, 2.24) is 15.5 Å². The lowest BCUT2D eigenvalue weighted by Crippen LogP contribution is -2.51. The summed E-state index contributed by atoms with van der Waals surface area (Å²) in [6, 6.07) is 9.93. The average Bonchev–Trinajstić information content (AvgIpc) is 2.97. The molecule has 2 unspecified atom stereocenters. The number of imide groups is 1. The van der Waals surface area contributed by atoms with Crippen molar-refractivity contribution < 1.29 is 9.59 Å². The Morgan fingerprint density at radius 1 is 1.30 bits per heavy atom. The van der Waals surface area contributed by atoms with Gasteiger partial charge in [-0.05, 0) is 25.5 Å². The third kappa shape index (κ3) is 2.29. The van der Waals surface area contributed by atoms with E-state index in [0.717, 1.165) is 26.1 Å². The van der Waals surface area contributed by atoms with Crippen LogP contribution in [0.25, 0.3) is 0 Å². The monoisotopic (exact) mass is 273 g/mol. The molecular formula is C15H19N3O2. The molecule has 0 bridgehead atoms. The highest BCUT2D eigenvalue weighted by molar-refractivity contribution is 6.07. The zero-order valence-electron chi connectivity index (χ0n) is 11.6. The smallest absolute Gasteiger partial charge is 0.322 e. The number of amides is 3. The SMILES string of the molecule is CC1(C2CCN(Cc3ccccc3)C2)NC(=O)NC1=O. The van der Waals surface area contributed by atoms with Gasteiger partial charge in [0.2, 0.25) is 0 Å². The molecule has 2 heterocycles. The van der Waals surface area contributed by atoms with E-state index in [1.165, 1.54) is 5.56 Å². The first kappa shape index (κ1) is 13.1. The molecule has 2 aliphatic rings. The van der Waals surface area contributed by atoms with Crippen LogP contribution in [0.5, 0.6) is 0 Å². The van der Waals surface area contributed by atoms with Crippen LogP contribution in [0.1, 0.15) is 18.9 Å². The first-order valence-electron chi connectivity index (χ1n) is 6.98. The van der Waals surface area contributed by atoms with Gasteiger partial charge in [-0.25, -0.2) is 4.79 Å². The van der Waals surface area contributed by atoms with Gasteiger partial charge >= 0.3 is 6.03 Å². The van der Waals surface area contributed by atoms with E-state index >= 15 is 0 Å². The summed E-state index contributed by atoms with van der Waals surface area (Å²) in [5, 5.41) is 5.12. The van der Waals surface area contributed by atoms with Gasteiger partial charge in [0.1, 0.15) is 5.54 Å². The average molecular weight is 273 g/mol. The van der Waals surface area contributed by atoms with Gasteiger partial charge < -0.3 is 5.32 Å². The molecule has 20 heavy (non-hydrogen) atoms. The fourth-order valence-corrected chi connectivity index (χ4v) is 3.13. The van der Waals surface area contributed by atoms with Gasteiger partial charge in [-0.2, -0.15) is 0 Å². The van der Waals surface area contributed by atoms with Crippen molar-refractivity contribution in [3.8, 4) is 0 Å². The van der Waals surface area contributed by atoms with Crippen molar-refractivity contribution in [2.24, 2.45) is 5.92 Å². The molecule has 2 saturated heterocycles. The maximum Gasteiger partial charge on any atom is 0.322 e. The Morgan fingerprint density at radius 2 is 2.05 bits per heavy atom. The Hall–Kier alpha value is -1.88. The molecule has 1 aromatic rings. The number of rotatable bonds is 3. The first-order chi connectivity index (χ1) is 9.58. The minimum atomic E-state index is -0.761. The van der Waals surface area contributed by atoms with Crippen LogP contribution in [0.2, 0.25) is 0 Å². The summed E-state index contributed by atoms with van der Waals surface area (Å²) in [5.41, 5.74) is 0.515. The maximum atomic E-state index is 11.9. The van der Waals surface area contributed by atoms with Crippen LogP contribution >= 0.6 is 0 Å². The number of hydrogen-bond donors (Lipinski definition) is 2. The molecule has 2 N–H and O–H groups in total. The third-order valence-corrected chi connectivity index (χ3v) is 4.41. The Kier molecular flexibility index (Phi) is 3.22. The predicted octanol–water partition coefficient (Wildman–Crippen LogP) is 1.11. The van der Waals surface area contributed by atoms with Crippen LogP contribution in [-0.4, -0.2) is 35.5 Å². The lowest BCUT2D eigenvalue weighted by molar-refractivity contribution is -0.125. The Bertz CT molecular complexity index is 531. The highest BCUT2D eigenvalue weighted by Crippen LogP contribution is 2.30. The molecule has 0 radical (unpaired) electrons. The van der Waals surface area contributed by atoms with Crippen molar-refractivity contribution in [2.75, 3.05) is 13.1 Å². The molecule has 1 aromatic carbocycles. The zero-order chi connectivity index (χ0) is 14.2. The quantitative estimate of drug-likeness (QED) is 0.811. The molecule has 3 rings (SSSR count). The van der Waals surface area contributed by atoms with E-state index in [1.807, 2.05) is 25.1 Å². The van der Waals surface area contributed by atoms with Crippen LogP contribution < -0.4 is 10.6 Å². The summed E-state index contributed by atoms with van der Waals surface area (Å²) in [7, 11) is 0. The van der Waals surface area contributed by atoms with Crippen LogP contribution in [0.4, 0.5) is 4.79 Å². The molecule has 2 fully saturated rings. The van der Waals surface area contributed by atoms with Gasteiger partial charge in [0.15, 0.2) is 0 Å². The van der Waals surface area contributed by atoms with Gasteiger partial charge in [0.05, 0.1) is 0 Å². The summed E-state index contributed by atoms with van der Waals surface area (Å²) in [5.74, 6) is -0.0354. The van der Waals surface area contributed by atoms with Crippen LogP contribution in [0.3, 0.4) is 0 Å². The van der Waals surface area contributed by atoms with E-state index in [2.05, 4.69) is 27.7 Å². The van der Waals surface area contributed by atoms with E-state index in [-0.39, 0.29) is 17.9 Å². The fourth-order valence-electron chi connectivity index (χ4n) is 3.13. The summed E-state index contributed by atoms with van der Waals surface area (Å²) in [6.07, 6.45) is 0.928. The van der Waals surface area contributed by atoms with E-state index < -0.39 is 5.54 Å². The normalized spacial score (nSPS) is 30.4. The number of hydrogen-bond acceptors (Lipinski definition) is 3. The molecule has 5 heteroatoms. The third-order valence-electron chi connectivity index (χ3n) is 4.41. The van der Waals surface area contributed by atoms with E-state index in [1.54, 1.807) is 0 Å². The second kappa shape index (κ2) is 4.90. The Labute approximate surface area is 118 Å². The van der Waals surface area contributed by atoms with Gasteiger partial charge in [-0.15, -0.1) is 0 Å². The minimum Gasteiger partial charge on any atom is -0.323 e. The zero-order valence-corrected chi connectivity index (χ0v) is 11.6. The van der Waals surface area contributed by atoms with E-state index in [4.69, 9.17) is 0 Å². The van der Waals surface area contributed by atoms with Crippen molar-refractivity contribution in [3.63, 3.8) is 0 Å². The molecule has 0 aliphatic carbocycles. The molecule has 0 saturated carbocycles. The Morgan fingerprint density at radius 3 is 2.70 bits per heavy atom. The number of likely N-dealkylation sites (tertiary alicyclic amines) is 1. The number of carbonyl (C=O) groups excluding carboxylic acids is 2. The molecule has 3 amide bonds. The molecule has 106 valence electrons.